The van der Waals surface area contributed by atoms with Crippen molar-refractivity contribution in [2.24, 2.45) is 5.73 Å². The molecule has 1 unspecified atom stereocenters. The molecule has 0 aliphatic carbocycles. The highest BCUT2D eigenvalue weighted by Gasteiger charge is 2.06. The Morgan fingerprint density at radius 1 is 1.53 bits per heavy atom. The fraction of sp³-hybridized carbons (Fsp3) is 0.636. The first-order valence-corrected chi connectivity index (χ1v) is 5.65. The van der Waals surface area contributed by atoms with Gasteiger partial charge in [0.1, 0.15) is 18.0 Å². The van der Waals surface area contributed by atoms with Gasteiger partial charge in [-0.2, -0.15) is 0 Å². The summed E-state index contributed by atoms with van der Waals surface area (Å²) in [7, 11) is 3.63. The average Bonchev–Trinajstić information content (AvgIpc) is 2.29. The number of rotatable bonds is 7. The molecule has 6 nitrogen and oxygen atoms in total. The molecule has 17 heavy (non-hydrogen) atoms. The lowest BCUT2D eigenvalue weighted by Gasteiger charge is -2.20. The number of anilines is 2. The minimum absolute atomic E-state index is 0.111. The summed E-state index contributed by atoms with van der Waals surface area (Å²) in [5, 5.41) is 3.16. The molecule has 1 heterocycles. The first-order valence-electron chi connectivity index (χ1n) is 5.65. The van der Waals surface area contributed by atoms with Gasteiger partial charge in [0.2, 0.25) is 0 Å². The summed E-state index contributed by atoms with van der Waals surface area (Å²) in [5.74, 6) is 1.65. The van der Waals surface area contributed by atoms with E-state index in [1.165, 1.54) is 0 Å². The zero-order valence-electron chi connectivity index (χ0n) is 10.7. The van der Waals surface area contributed by atoms with Crippen LogP contribution in [0.1, 0.15) is 6.92 Å². The summed E-state index contributed by atoms with van der Waals surface area (Å²) in [5.41, 5.74) is 5.75. The Labute approximate surface area is 102 Å². The molecule has 0 fully saturated rings. The van der Waals surface area contributed by atoms with E-state index in [9.17, 15) is 0 Å². The smallest absolute Gasteiger partial charge is 0.133 e. The van der Waals surface area contributed by atoms with Gasteiger partial charge in [0.05, 0.1) is 6.61 Å². The molecule has 1 rings (SSSR count). The molecule has 0 aliphatic heterocycles. The van der Waals surface area contributed by atoms with Crippen LogP contribution in [0.15, 0.2) is 12.4 Å². The van der Waals surface area contributed by atoms with Crippen LogP contribution in [0, 0.1) is 0 Å². The van der Waals surface area contributed by atoms with Crippen LogP contribution < -0.4 is 16.0 Å². The molecule has 3 N–H and O–H groups in total. The summed E-state index contributed by atoms with van der Waals surface area (Å²) in [6.45, 7) is 4.10. The molecule has 96 valence electrons. The Kier molecular flexibility index (Phi) is 5.65. The Morgan fingerprint density at radius 2 is 2.29 bits per heavy atom. The van der Waals surface area contributed by atoms with Crippen molar-refractivity contribution in [1.82, 2.24) is 9.97 Å². The van der Waals surface area contributed by atoms with Crippen LogP contribution in [0.2, 0.25) is 0 Å². The maximum absolute atomic E-state index is 5.75. The van der Waals surface area contributed by atoms with Crippen LogP contribution in [0.3, 0.4) is 0 Å². The first-order chi connectivity index (χ1) is 8.13. The predicted molar refractivity (Wildman–Crippen MR) is 69.3 cm³/mol. The number of nitrogens with zero attached hydrogens (tertiary/aromatic N) is 3. The molecular weight excluding hydrogens is 218 g/mol. The third-order valence-electron chi connectivity index (χ3n) is 2.22. The van der Waals surface area contributed by atoms with E-state index in [2.05, 4.69) is 15.3 Å². The van der Waals surface area contributed by atoms with Crippen LogP contribution in [-0.4, -0.2) is 49.9 Å². The van der Waals surface area contributed by atoms with Crippen molar-refractivity contribution in [2.45, 2.75) is 13.0 Å². The quantitative estimate of drug-likeness (QED) is 0.667. The second-order valence-electron chi connectivity index (χ2n) is 4.04. The SMILES string of the molecule is COCCNc1cc(N(C)CC(C)N)ncn1. The summed E-state index contributed by atoms with van der Waals surface area (Å²) in [6, 6.07) is 2.01. The van der Waals surface area contributed by atoms with E-state index in [-0.39, 0.29) is 6.04 Å². The molecule has 1 aromatic rings. The molecule has 6 heteroatoms. The van der Waals surface area contributed by atoms with Gasteiger partial charge in [-0.25, -0.2) is 9.97 Å². The van der Waals surface area contributed by atoms with Gasteiger partial charge < -0.3 is 20.7 Å². The molecule has 1 aromatic heterocycles. The van der Waals surface area contributed by atoms with Crippen molar-refractivity contribution in [2.75, 3.05) is 44.1 Å². The van der Waals surface area contributed by atoms with E-state index in [1.54, 1.807) is 13.4 Å². The Bertz CT molecular complexity index is 331. The van der Waals surface area contributed by atoms with Crippen LogP contribution in [0.25, 0.3) is 0 Å². The van der Waals surface area contributed by atoms with Gasteiger partial charge >= 0.3 is 0 Å². The van der Waals surface area contributed by atoms with E-state index >= 15 is 0 Å². The van der Waals surface area contributed by atoms with Crippen molar-refractivity contribution in [1.29, 1.82) is 0 Å². The Morgan fingerprint density at radius 3 is 2.94 bits per heavy atom. The van der Waals surface area contributed by atoms with Crippen LogP contribution >= 0.6 is 0 Å². The highest BCUT2D eigenvalue weighted by molar-refractivity contribution is 5.47. The van der Waals surface area contributed by atoms with Crippen molar-refractivity contribution in [3.8, 4) is 0 Å². The second-order valence-corrected chi connectivity index (χ2v) is 4.04. The normalized spacial score (nSPS) is 12.2. The molecule has 0 aliphatic rings. The lowest BCUT2D eigenvalue weighted by Crippen LogP contribution is -2.33. The zero-order valence-corrected chi connectivity index (χ0v) is 10.7. The summed E-state index contributed by atoms with van der Waals surface area (Å²) >= 11 is 0. The van der Waals surface area contributed by atoms with Crippen molar-refractivity contribution >= 4 is 11.6 Å². The molecule has 0 bridgehead atoms. The summed E-state index contributed by atoms with van der Waals surface area (Å²) < 4.78 is 4.96. The molecule has 0 amide bonds. The number of hydrogen-bond acceptors (Lipinski definition) is 6. The second kappa shape index (κ2) is 7.03. The first kappa shape index (κ1) is 13.7. The number of likely N-dealkylation sites (N-methyl/N-ethyl adjacent to an activating group) is 1. The number of nitrogens with one attached hydrogen (secondary N) is 1. The molecule has 0 saturated carbocycles. The van der Waals surface area contributed by atoms with Crippen LogP contribution in [-0.2, 0) is 4.74 Å². The Hall–Kier alpha value is -1.40. The van der Waals surface area contributed by atoms with Gasteiger partial charge in [0.25, 0.3) is 0 Å². The number of hydrogen-bond donors (Lipinski definition) is 2. The van der Waals surface area contributed by atoms with E-state index < -0.39 is 0 Å². The molecule has 0 saturated heterocycles. The summed E-state index contributed by atoms with van der Waals surface area (Å²) in [4.78, 5) is 10.4. The van der Waals surface area contributed by atoms with Gasteiger partial charge in [0, 0.05) is 39.4 Å². The third kappa shape index (κ3) is 4.97. The van der Waals surface area contributed by atoms with E-state index in [0.29, 0.717) is 6.61 Å². The molecule has 0 radical (unpaired) electrons. The topological polar surface area (TPSA) is 76.3 Å². The van der Waals surface area contributed by atoms with E-state index in [1.807, 2.05) is 24.9 Å². The lowest BCUT2D eigenvalue weighted by molar-refractivity contribution is 0.210. The van der Waals surface area contributed by atoms with Crippen molar-refractivity contribution in [3.05, 3.63) is 12.4 Å². The van der Waals surface area contributed by atoms with Gasteiger partial charge in [0.15, 0.2) is 0 Å². The number of methoxy groups -OCH3 is 1. The third-order valence-corrected chi connectivity index (χ3v) is 2.22. The van der Waals surface area contributed by atoms with Crippen molar-refractivity contribution < 1.29 is 4.74 Å². The van der Waals surface area contributed by atoms with Gasteiger partial charge in [-0.1, -0.05) is 0 Å². The minimum Gasteiger partial charge on any atom is -0.383 e. The Balaban J connectivity index is 2.58. The monoisotopic (exact) mass is 239 g/mol. The lowest BCUT2D eigenvalue weighted by atomic mass is 10.3. The number of nitrogens with two attached hydrogens (primary N) is 1. The van der Waals surface area contributed by atoms with Gasteiger partial charge in [-0.05, 0) is 6.92 Å². The summed E-state index contributed by atoms with van der Waals surface area (Å²) in [6.07, 6.45) is 1.54. The van der Waals surface area contributed by atoms with Crippen molar-refractivity contribution in [3.63, 3.8) is 0 Å². The van der Waals surface area contributed by atoms with Crippen LogP contribution in [0.4, 0.5) is 11.6 Å². The molecule has 1 atom stereocenters. The maximum Gasteiger partial charge on any atom is 0.133 e. The maximum atomic E-state index is 5.75. The minimum atomic E-state index is 0.111. The fourth-order valence-corrected chi connectivity index (χ4v) is 1.46. The molecule has 0 spiro atoms. The highest BCUT2D eigenvalue weighted by Crippen LogP contribution is 2.12. The number of aromatic nitrogens is 2. The van der Waals surface area contributed by atoms with Crippen LogP contribution in [0.5, 0.6) is 0 Å². The van der Waals surface area contributed by atoms with Gasteiger partial charge in [-0.15, -0.1) is 0 Å². The van der Waals surface area contributed by atoms with E-state index in [4.69, 9.17) is 10.5 Å². The fourth-order valence-electron chi connectivity index (χ4n) is 1.46. The standard InChI is InChI=1S/C11H21N5O/c1-9(12)7-16(2)11-6-10(14-8-15-11)13-4-5-17-3/h6,8-9H,4-5,7,12H2,1-3H3,(H,13,14,15). The zero-order chi connectivity index (χ0) is 12.7. The molecule has 0 aromatic carbocycles. The predicted octanol–water partition coefficient (Wildman–Crippen LogP) is 0.318. The van der Waals surface area contributed by atoms with Gasteiger partial charge in [-0.3, -0.25) is 0 Å². The highest BCUT2D eigenvalue weighted by atomic mass is 16.5. The number of ether oxygens (including phenoxy) is 1. The van der Waals surface area contributed by atoms with E-state index in [0.717, 1.165) is 24.7 Å². The average molecular weight is 239 g/mol. The molecular formula is C11H21N5O. The largest absolute Gasteiger partial charge is 0.383 e.